The molecule has 0 radical (unpaired) electrons. The van der Waals surface area contributed by atoms with E-state index >= 15 is 0 Å². The van der Waals surface area contributed by atoms with Gasteiger partial charge in [-0.25, -0.2) is 4.79 Å². The van der Waals surface area contributed by atoms with E-state index in [0.29, 0.717) is 45.5 Å². The number of benzene rings is 2. The minimum atomic E-state index is -0.487. The molecule has 33 heavy (non-hydrogen) atoms. The van der Waals surface area contributed by atoms with E-state index in [1.54, 1.807) is 50.4 Å². The summed E-state index contributed by atoms with van der Waals surface area (Å²) in [7, 11) is 3.07. The number of carbonyl (C=O) groups is 1. The van der Waals surface area contributed by atoms with Crippen molar-refractivity contribution in [3.05, 3.63) is 59.6 Å². The highest BCUT2D eigenvalue weighted by Gasteiger charge is 2.22. The molecule has 1 aliphatic heterocycles. The zero-order valence-electron chi connectivity index (χ0n) is 18.5. The molecule has 0 aliphatic carbocycles. The Labute approximate surface area is 190 Å². The molecule has 1 aliphatic rings. The van der Waals surface area contributed by atoms with Gasteiger partial charge in [-0.05, 0) is 37.3 Å². The highest BCUT2D eigenvalue weighted by Crippen LogP contribution is 2.40. The Hall–Kier alpha value is -4.07. The molecule has 2 heterocycles. The number of carbonyl (C=O) groups excluding carboxylic acids is 1. The zero-order valence-corrected chi connectivity index (χ0v) is 18.5. The summed E-state index contributed by atoms with van der Waals surface area (Å²) in [4.78, 5) is 12.8. The molecule has 0 bridgehead atoms. The second-order valence-corrected chi connectivity index (χ2v) is 7.17. The summed E-state index contributed by atoms with van der Waals surface area (Å²) >= 11 is 0. The number of hydrogen-bond acceptors (Lipinski definition) is 8. The zero-order chi connectivity index (χ0) is 23.4. The van der Waals surface area contributed by atoms with Crippen molar-refractivity contribution in [3.63, 3.8) is 0 Å². The minimum Gasteiger partial charge on any atom is -0.507 e. The van der Waals surface area contributed by atoms with E-state index in [1.807, 2.05) is 0 Å². The Bertz CT molecular complexity index is 1190. The van der Waals surface area contributed by atoms with Crippen LogP contribution < -0.4 is 18.9 Å². The molecule has 0 unspecified atom stereocenters. The molecule has 0 saturated heterocycles. The molecule has 2 aromatic carbocycles. The summed E-state index contributed by atoms with van der Waals surface area (Å²) < 4.78 is 32.5. The number of aromatic hydroxyl groups is 1. The Balaban J connectivity index is 1.74. The van der Waals surface area contributed by atoms with Crippen molar-refractivity contribution >= 4 is 12.0 Å². The van der Waals surface area contributed by atoms with E-state index in [-0.39, 0.29) is 25.6 Å². The summed E-state index contributed by atoms with van der Waals surface area (Å²) in [6.45, 7) is 2.09. The lowest BCUT2D eigenvalue weighted by Gasteiger charge is -2.12. The van der Waals surface area contributed by atoms with Gasteiger partial charge in [0.15, 0.2) is 11.5 Å². The van der Waals surface area contributed by atoms with Gasteiger partial charge in [-0.3, -0.25) is 0 Å². The molecule has 0 saturated carbocycles. The van der Waals surface area contributed by atoms with Crippen molar-refractivity contribution in [2.75, 3.05) is 27.6 Å². The maximum Gasteiger partial charge on any atom is 0.334 e. The highest BCUT2D eigenvalue weighted by molar-refractivity contribution is 5.95. The van der Waals surface area contributed by atoms with Gasteiger partial charge in [-0.2, -0.15) is 0 Å². The SMILES string of the molecule is CCOC(=O)C(=Cc1occc1-c1ccc(OC)cc1O)Cc1cc2c(cc1OC)OCO2. The quantitative estimate of drug-likeness (QED) is 0.392. The van der Waals surface area contributed by atoms with Crippen LogP contribution >= 0.6 is 0 Å². The first-order valence-corrected chi connectivity index (χ1v) is 10.3. The summed E-state index contributed by atoms with van der Waals surface area (Å²) in [5, 5.41) is 10.5. The molecule has 0 fully saturated rings. The number of furan rings is 1. The molecule has 4 rings (SSSR count). The molecule has 1 N–H and O–H groups in total. The maximum atomic E-state index is 12.8. The van der Waals surface area contributed by atoms with Gasteiger partial charge in [0, 0.05) is 40.8 Å². The Morgan fingerprint density at radius 1 is 1.06 bits per heavy atom. The largest absolute Gasteiger partial charge is 0.507 e. The highest BCUT2D eigenvalue weighted by atomic mass is 16.7. The predicted molar refractivity (Wildman–Crippen MR) is 120 cm³/mol. The van der Waals surface area contributed by atoms with Crippen LogP contribution in [0.5, 0.6) is 28.7 Å². The number of phenolic OH excluding ortho intramolecular Hbond substituents is 1. The van der Waals surface area contributed by atoms with Gasteiger partial charge in [0.2, 0.25) is 6.79 Å². The number of rotatable bonds is 8. The van der Waals surface area contributed by atoms with Gasteiger partial charge in [-0.15, -0.1) is 0 Å². The lowest BCUT2D eigenvalue weighted by molar-refractivity contribution is -0.138. The van der Waals surface area contributed by atoms with Crippen molar-refractivity contribution in [1.29, 1.82) is 0 Å². The number of ether oxygens (including phenoxy) is 5. The van der Waals surface area contributed by atoms with Crippen LogP contribution in [0, 0.1) is 0 Å². The Morgan fingerprint density at radius 3 is 2.55 bits per heavy atom. The van der Waals surface area contributed by atoms with Crippen LogP contribution in [0.15, 0.2) is 52.7 Å². The Morgan fingerprint density at radius 2 is 1.85 bits per heavy atom. The molecule has 0 atom stereocenters. The van der Waals surface area contributed by atoms with E-state index in [1.165, 1.54) is 19.4 Å². The topological polar surface area (TPSA) is 96.6 Å². The smallest absolute Gasteiger partial charge is 0.334 e. The third-order valence-electron chi connectivity index (χ3n) is 5.19. The van der Waals surface area contributed by atoms with Gasteiger partial charge in [-0.1, -0.05) is 0 Å². The van der Waals surface area contributed by atoms with Gasteiger partial charge in [0.05, 0.1) is 27.1 Å². The lowest BCUT2D eigenvalue weighted by Crippen LogP contribution is -2.10. The van der Waals surface area contributed by atoms with Crippen molar-refractivity contribution in [2.45, 2.75) is 13.3 Å². The van der Waals surface area contributed by atoms with Gasteiger partial charge < -0.3 is 33.2 Å². The van der Waals surface area contributed by atoms with E-state index in [2.05, 4.69) is 0 Å². The molecule has 172 valence electrons. The monoisotopic (exact) mass is 452 g/mol. The molecule has 0 amide bonds. The molecule has 0 spiro atoms. The first-order chi connectivity index (χ1) is 16.0. The second kappa shape index (κ2) is 9.60. The van der Waals surface area contributed by atoms with E-state index < -0.39 is 5.97 Å². The fourth-order valence-electron chi connectivity index (χ4n) is 3.58. The number of hydrogen-bond donors (Lipinski definition) is 1. The van der Waals surface area contributed by atoms with Crippen LogP contribution in [0.1, 0.15) is 18.2 Å². The van der Waals surface area contributed by atoms with Gasteiger partial charge in [0.1, 0.15) is 23.0 Å². The second-order valence-electron chi connectivity index (χ2n) is 7.17. The molecular formula is C25H24O8. The molecule has 1 aromatic heterocycles. The Kier molecular flexibility index (Phi) is 6.44. The number of fused-ring (bicyclic) bond motifs is 1. The average molecular weight is 452 g/mol. The van der Waals surface area contributed by atoms with Crippen LogP contribution in [-0.4, -0.2) is 38.7 Å². The van der Waals surface area contributed by atoms with Crippen LogP contribution in [-0.2, 0) is 16.0 Å². The van der Waals surface area contributed by atoms with Crippen LogP contribution in [0.2, 0.25) is 0 Å². The molecule has 3 aromatic rings. The van der Waals surface area contributed by atoms with Crippen molar-refractivity contribution in [3.8, 4) is 39.9 Å². The normalized spacial score (nSPS) is 12.5. The van der Waals surface area contributed by atoms with Crippen molar-refractivity contribution in [1.82, 2.24) is 0 Å². The number of methoxy groups -OCH3 is 2. The van der Waals surface area contributed by atoms with Crippen molar-refractivity contribution in [2.24, 2.45) is 0 Å². The molecule has 8 nitrogen and oxygen atoms in total. The van der Waals surface area contributed by atoms with E-state index in [9.17, 15) is 9.90 Å². The summed E-state index contributed by atoms with van der Waals surface area (Å²) in [5.41, 5.74) is 2.23. The molecule has 8 heteroatoms. The maximum absolute atomic E-state index is 12.8. The number of phenols is 1. The predicted octanol–water partition coefficient (Wildman–Crippen LogP) is 4.59. The van der Waals surface area contributed by atoms with E-state index in [4.69, 9.17) is 28.1 Å². The summed E-state index contributed by atoms with van der Waals surface area (Å²) in [6, 6.07) is 10.2. The van der Waals surface area contributed by atoms with Crippen LogP contribution in [0.4, 0.5) is 0 Å². The third kappa shape index (κ3) is 4.59. The summed E-state index contributed by atoms with van der Waals surface area (Å²) in [6.07, 6.45) is 3.31. The third-order valence-corrected chi connectivity index (χ3v) is 5.19. The van der Waals surface area contributed by atoms with Crippen LogP contribution in [0.25, 0.3) is 17.2 Å². The standard InChI is InChI=1S/C25H24O8/c1-4-30-25(27)16(9-15-10-23-24(33-14-32-23)13-21(15)29-3)11-22-19(7-8-31-22)18-6-5-17(28-2)12-20(18)26/h5-8,10-13,26H,4,9,14H2,1-3H3. The molecular weight excluding hydrogens is 428 g/mol. The average Bonchev–Trinajstić information content (AvgIpc) is 3.47. The first-order valence-electron chi connectivity index (χ1n) is 10.3. The van der Waals surface area contributed by atoms with Gasteiger partial charge in [0.25, 0.3) is 0 Å². The minimum absolute atomic E-state index is 0.0283. The fourth-order valence-corrected chi connectivity index (χ4v) is 3.58. The lowest BCUT2D eigenvalue weighted by atomic mass is 10.00. The van der Waals surface area contributed by atoms with Crippen LogP contribution in [0.3, 0.4) is 0 Å². The number of esters is 1. The van der Waals surface area contributed by atoms with Gasteiger partial charge >= 0.3 is 5.97 Å². The van der Waals surface area contributed by atoms with E-state index in [0.717, 1.165) is 5.56 Å². The first kappa shape index (κ1) is 22.1. The summed E-state index contributed by atoms with van der Waals surface area (Å²) in [5.74, 6) is 2.19. The van der Waals surface area contributed by atoms with Crippen molar-refractivity contribution < 1.29 is 38.0 Å². The fraction of sp³-hybridized carbons (Fsp3) is 0.240.